The number of nitrogens with one attached hydrogen (secondary N) is 1. The number of carbonyl (C=O) groups excluding carboxylic acids is 2. The van der Waals surface area contributed by atoms with Crippen LogP contribution in [0.4, 0.5) is 0 Å². The first kappa shape index (κ1) is 22.6. The van der Waals surface area contributed by atoms with Crippen LogP contribution in [0.3, 0.4) is 0 Å². The van der Waals surface area contributed by atoms with Crippen molar-refractivity contribution in [1.29, 1.82) is 0 Å². The summed E-state index contributed by atoms with van der Waals surface area (Å²) < 4.78 is 26.5. The molecule has 2 amide bonds. The largest absolute Gasteiger partial charge is 0.339 e. The summed E-state index contributed by atoms with van der Waals surface area (Å²) in [6.07, 6.45) is 3.48. The Hall–Kier alpha value is -3.04. The molecular weight excluding hydrogens is 416 g/mol. The highest BCUT2D eigenvalue weighted by Crippen LogP contribution is 2.07. The standard InChI is InChI=1S/C22H26N4O4S/c27-21(9-12-24-31(29,30)17-10-19-6-2-1-3-7-19)25-13-15-26(16-14-25)22(28)18-20-8-4-5-11-23-20/h1-8,10-11,17,24H,9,12-16,18H2/b17-10+. The van der Waals surface area contributed by atoms with Crippen molar-refractivity contribution in [3.05, 3.63) is 71.4 Å². The zero-order valence-electron chi connectivity index (χ0n) is 17.2. The van der Waals surface area contributed by atoms with Gasteiger partial charge in [-0.25, -0.2) is 13.1 Å². The van der Waals surface area contributed by atoms with Crippen LogP contribution in [0.25, 0.3) is 6.08 Å². The third kappa shape index (κ3) is 7.30. The molecule has 1 aromatic carbocycles. The number of sulfonamides is 1. The molecule has 1 fully saturated rings. The zero-order valence-corrected chi connectivity index (χ0v) is 18.0. The van der Waals surface area contributed by atoms with Crippen molar-refractivity contribution in [2.45, 2.75) is 12.8 Å². The number of pyridine rings is 1. The highest BCUT2D eigenvalue weighted by Gasteiger charge is 2.24. The van der Waals surface area contributed by atoms with E-state index in [1.807, 2.05) is 30.3 Å². The molecule has 2 aromatic rings. The smallest absolute Gasteiger partial charge is 0.233 e. The van der Waals surface area contributed by atoms with Gasteiger partial charge in [-0.15, -0.1) is 0 Å². The van der Waals surface area contributed by atoms with Crippen LogP contribution in [-0.2, 0) is 26.0 Å². The molecule has 31 heavy (non-hydrogen) atoms. The molecule has 1 aliphatic rings. The first-order valence-corrected chi connectivity index (χ1v) is 11.7. The van der Waals surface area contributed by atoms with Crippen LogP contribution >= 0.6 is 0 Å². The van der Waals surface area contributed by atoms with E-state index in [4.69, 9.17) is 0 Å². The predicted molar refractivity (Wildman–Crippen MR) is 118 cm³/mol. The second-order valence-electron chi connectivity index (χ2n) is 7.16. The van der Waals surface area contributed by atoms with E-state index >= 15 is 0 Å². The summed E-state index contributed by atoms with van der Waals surface area (Å²) >= 11 is 0. The van der Waals surface area contributed by atoms with E-state index in [1.54, 1.807) is 34.2 Å². The molecule has 0 aliphatic carbocycles. The fraction of sp³-hybridized carbons (Fsp3) is 0.318. The average Bonchev–Trinajstić information content (AvgIpc) is 2.79. The molecule has 0 bridgehead atoms. The third-order valence-electron chi connectivity index (χ3n) is 4.92. The SMILES string of the molecule is O=C(CCNS(=O)(=O)/C=C/c1ccccc1)N1CCN(C(=O)Cc2ccccn2)CC1. The Bertz CT molecular complexity index is 1000. The lowest BCUT2D eigenvalue weighted by molar-refractivity contribution is -0.139. The summed E-state index contributed by atoms with van der Waals surface area (Å²) in [4.78, 5) is 32.3. The van der Waals surface area contributed by atoms with Crippen LogP contribution in [0.1, 0.15) is 17.7 Å². The number of piperazine rings is 1. The Labute approximate surface area is 182 Å². The molecule has 1 saturated heterocycles. The van der Waals surface area contributed by atoms with Gasteiger partial charge in [0.15, 0.2) is 0 Å². The van der Waals surface area contributed by atoms with Crippen LogP contribution < -0.4 is 4.72 Å². The number of aromatic nitrogens is 1. The number of rotatable bonds is 8. The maximum absolute atomic E-state index is 12.4. The van der Waals surface area contributed by atoms with E-state index in [9.17, 15) is 18.0 Å². The Morgan fingerprint density at radius 2 is 1.58 bits per heavy atom. The van der Waals surface area contributed by atoms with E-state index in [2.05, 4.69) is 9.71 Å². The second-order valence-corrected chi connectivity index (χ2v) is 8.81. The lowest BCUT2D eigenvalue weighted by atomic mass is 10.2. The van der Waals surface area contributed by atoms with Crippen molar-refractivity contribution < 1.29 is 18.0 Å². The number of amides is 2. The summed E-state index contributed by atoms with van der Waals surface area (Å²) in [5.41, 5.74) is 1.50. The first-order chi connectivity index (χ1) is 14.9. The maximum atomic E-state index is 12.4. The van der Waals surface area contributed by atoms with Gasteiger partial charge in [0, 0.05) is 56.4 Å². The fourth-order valence-electron chi connectivity index (χ4n) is 3.21. The van der Waals surface area contributed by atoms with Crippen molar-refractivity contribution in [2.24, 2.45) is 0 Å². The molecule has 1 N–H and O–H groups in total. The predicted octanol–water partition coefficient (Wildman–Crippen LogP) is 1.28. The van der Waals surface area contributed by atoms with Crippen molar-refractivity contribution in [3.63, 3.8) is 0 Å². The van der Waals surface area contributed by atoms with Crippen molar-refractivity contribution in [3.8, 4) is 0 Å². The normalized spacial score (nSPS) is 14.7. The lowest BCUT2D eigenvalue weighted by Gasteiger charge is -2.34. The molecule has 0 radical (unpaired) electrons. The van der Waals surface area contributed by atoms with Gasteiger partial charge in [-0.1, -0.05) is 36.4 Å². The van der Waals surface area contributed by atoms with Crippen LogP contribution in [-0.4, -0.2) is 67.7 Å². The van der Waals surface area contributed by atoms with Crippen LogP contribution in [0.2, 0.25) is 0 Å². The molecule has 0 saturated carbocycles. The molecular formula is C22H26N4O4S. The van der Waals surface area contributed by atoms with Gasteiger partial charge < -0.3 is 9.80 Å². The Morgan fingerprint density at radius 1 is 0.935 bits per heavy atom. The van der Waals surface area contributed by atoms with Crippen LogP contribution in [0, 0.1) is 0 Å². The number of benzene rings is 1. The minimum absolute atomic E-state index is 0.0104. The van der Waals surface area contributed by atoms with Crippen LogP contribution in [0.15, 0.2) is 60.1 Å². The van der Waals surface area contributed by atoms with E-state index < -0.39 is 10.0 Å². The van der Waals surface area contributed by atoms with Gasteiger partial charge in [0.1, 0.15) is 0 Å². The minimum atomic E-state index is -3.62. The van der Waals surface area contributed by atoms with Gasteiger partial charge in [-0.2, -0.15) is 0 Å². The lowest BCUT2D eigenvalue weighted by Crippen LogP contribution is -2.51. The van der Waals surface area contributed by atoms with Crippen LogP contribution in [0.5, 0.6) is 0 Å². The quantitative estimate of drug-likeness (QED) is 0.664. The topological polar surface area (TPSA) is 99.7 Å². The molecule has 9 heteroatoms. The zero-order chi connectivity index (χ0) is 22.1. The van der Waals surface area contributed by atoms with Gasteiger partial charge in [-0.05, 0) is 23.8 Å². The molecule has 0 spiro atoms. The number of hydrogen-bond donors (Lipinski definition) is 1. The van der Waals surface area contributed by atoms with Gasteiger partial charge in [0.25, 0.3) is 0 Å². The Morgan fingerprint density at radius 3 is 2.23 bits per heavy atom. The molecule has 8 nitrogen and oxygen atoms in total. The van der Waals surface area contributed by atoms with Gasteiger partial charge >= 0.3 is 0 Å². The summed E-state index contributed by atoms with van der Waals surface area (Å²) in [7, 11) is -3.62. The van der Waals surface area contributed by atoms with Gasteiger partial charge in [0.05, 0.1) is 6.42 Å². The monoisotopic (exact) mass is 442 g/mol. The number of carbonyl (C=O) groups is 2. The molecule has 2 heterocycles. The molecule has 3 rings (SSSR count). The van der Waals surface area contributed by atoms with Crippen molar-refractivity contribution in [2.75, 3.05) is 32.7 Å². The highest BCUT2D eigenvalue weighted by molar-refractivity contribution is 7.92. The summed E-state index contributed by atoms with van der Waals surface area (Å²) in [5.74, 6) is -0.143. The fourth-order valence-corrected chi connectivity index (χ4v) is 4.03. The average molecular weight is 443 g/mol. The first-order valence-electron chi connectivity index (χ1n) is 10.1. The molecule has 0 atom stereocenters. The maximum Gasteiger partial charge on any atom is 0.233 e. The third-order valence-corrected chi connectivity index (χ3v) is 6.03. The van der Waals surface area contributed by atoms with E-state index in [-0.39, 0.29) is 31.2 Å². The van der Waals surface area contributed by atoms with Crippen molar-refractivity contribution >= 4 is 27.9 Å². The summed E-state index contributed by atoms with van der Waals surface area (Å²) in [5, 5.41) is 1.10. The highest BCUT2D eigenvalue weighted by atomic mass is 32.2. The number of nitrogens with zero attached hydrogens (tertiary/aromatic N) is 3. The number of hydrogen-bond acceptors (Lipinski definition) is 5. The van der Waals surface area contributed by atoms with E-state index in [1.165, 1.54) is 6.08 Å². The summed E-state index contributed by atoms with van der Waals surface area (Å²) in [6.45, 7) is 1.83. The summed E-state index contributed by atoms with van der Waals surface area (Å²) in [6, 6.07) is 14.6. The second kappa shape index (κ2) is 10.8. The van der Waals surface area contributed by atoms with Gasteiger partial charge in [0.2, 0.25) is 21.8 Å². The minimum Gasteiger partial charge on any atom is -0.339 e. The van der Waals surface area contributed by atoms with Gasteiger partial charge in [-0.3, -0.25) is 14.6 Å². The molecule has 1 aromatic heterocycles. The molecule has 164 valence electrons. The van der Waals surface area contributed by atoms with E-state index in [0.29, 0.717) is 26.2 Å². The van der Waals surface area contributed by atoms with E-state index in [0.717, 1.165) is 16.7 Å². The molecule has 0 unspecified atom stereocenters. The molecule has 1 aliphatic heterocycles. The Balaban J connectivity index is 1.39. The Kier molecular flexibility index (Phi) is 7.91. The van der Waals surface area contributed by atoms with Crippen molar-refractivity contribution in [1.82, 2.24) is 19.5 Å².